The first-order valence-corrected chi connectivity index (χ1v) is 7.36. The number of aliphatic imine (C=N–C) groups is 1. The number of pyridine rings is 1. The van der Waals surface area contributed by atoms with Gasteiger partial charge < -0.3 is 0 Å². The van der Waals surface area contributed by atoms with Crippen LogP contribution in [0.2, 0.25) is 0 Å². The maximum Gasteiger partial charge on any atom is 0.123 e. The molecule has 0 aliphatic carbocycles. The molecular weight excluding hydrogens is 287 g/mol. The average molecular weight is 300 g/mol. The minimum absolute atomic E-state index is 0.250. The number of halogens is 1. The molecule has 0 bridgehead atoms. The molecule has 2 nitrogen and oxygen atoms in total. The van der Waals surface area contributed by atoms with Gasteiger partial charge in [0.2, 0.25) is 0 Å². The van der Waals surface area contributed by atoms with Crippen LogP contribution in [-0.4, -0.2) is 11.2 Å². The zero-order chi connectivity index (χ0) is 15.6. The lowest BCUT2D eigenvalue weighted by Crippen LogP contribution is -1.83. The molecule has 0 saturated carbocycles. The van der Waals surface area contributed by atoms with Gasteiger partial charge in [0, 0.05) is 23.2 Å². The Labute approximate surface area is 132 Å². The number of hydrogen-bond donors (Lipinski definition) is 0. The monoisotopic (exact) mass is 300 g/mol. The van der Waals surface area contributed by atoms with E-state index in [1.165, 1.54) is 17.5 Å². The lowest BCUT2D eigenvalue weighted by molar-refractivity contribution is 0.628. The summed E-state index contributed by atoms with van der Waals surface area (Å²) in [7, 11) is 0. The van der Waals surface area contributed by atoms with Crippen molar-refractivity contribution in [3.05, 3.63) is 84.4 Å². The van der Waals surface area contributed by atoms with Crippen LogP contribution < -0.4 is 0 Å². The highest BCUT2D eigenvalue weighted by atomic mass is 19.1. The Bertz CT molecular complexity index is 1020. The van der Waals surface area contributed by atoms with Crippen LogP contribution in [0.5, 0.6) is 0 Å². The van der Waals surface area contributed by atoms with E-state index in [9.17, 15) is 4.39 Å². The van der Waals surface area contributed by atoms with Gasteiger partial charge in [-0.1, -0.05) is 48.5 Å². The van der Waals surface area contributed by atoms with Crippen molar-refractivity contribution < 1.29 is 4.39 Å². The molecule has 0 spiro atoms. The molecule has 4 rings (SSSR count). The zero-order valence-electron chi connectivity index (χ0n) is 12.3. The smallest absolute Gasteiger partial charge is 0.123 e. The maximum absolute atomic E-state index is 13.0. The van der Waals surface area contributed by atoms with Crippen LogP contribution in [-0.2, 0) is 0 Å². The normalized spacial score (nSPS) is 11.5. The molecule has 0 N–H and O–H groups in total. The summed E-state index contributed by atoms with van der Waals surface area (Å²) in [5.74, 6) is -0.250. The molecule has 0 aliphatic heterocycles. The fraction of sp³-hybridized carbons (Fsp3) is 0. The molecule has 3 aromatic carbocycles. The van der Waals surface area contributed by atoms with Crippen molar-refractivity contribution in [3.8, 4) is 0 Å². The van der Waals surface area contributed by atoms with Gasteiger partial charge in [0.05, 0.1) is 11.9 Å². The Hall–Kier alpha value is -3.07. The van der Waals surface area contributed by atoms with Gasteiger partial charge in [-0.3, -0.25) is 9.98 Å². The summed E-state index contributed by atoms with van der Waals surface area (Å²) < 4.78 is 13.0. The van der Waals surface area contributed by atoms with Gasteiger partial charge in [0.1, 0.15) is 5.82 Å². The molecular formula is C20H13FN2. The molecule has 0 saturated heterocycles. The van der Waals surface area contributed by atoms with E-state index in [-0.39, 0.29) is 5.82 Å². The largest absolute Gasteiger partial charge is 0.262 e. The van der Waals surface area contributed by atoms with Gasteiger partial charge in [0.25, 0.3) is 0 Å². The van der Waals surface area contributed by atoms with Crippen molar-refractivity contribution in [2.45, 2.75) is 0 Å². The molecule has 4 aromatic rings. The van der Waals surface area contributed by atoms with Crippen LogP contribution in [0, 0.1) is 5.82 Å². The standard InChI is InChI=1S/C20H13FN2/c21-16-8-5-14(6-9-16)11-23-20-13-22-12-19-17-4-2-1-3-15(17)7-10-18(19)20/h1-13H/b23-11-. The fourth-order valence-corrected chi connectivity index (χ4v) is 2.71. The molecule has 0 fully saturated rings. The predicted octanol–water partition coefficient (Wildman–Crippen LogP) is 5.28. The van der Waals surface area contributed by atoms with E-state index in [4.69, 9.17) is 0 Å². The molecule has 1 aromatic heterocycles. The third kappa shape index (κ3) is 2.57. The molecule has 0 unspecified atom stereocenters. The number of benzene rings is 3. The summed E-state index contributed by atoms with van der Waals surface area (Å²) in [5.41, 5.74) is 1.65. The number of nitrogens with zero attached hydrogens (tertiary/aromatic N) is 2. The van der Waals surface area contributed by atoms with Crippen molar-refractivity contribution in [1.82, 2.24) is 4.98 Å². The van der Waals surface area contributed by atoms with E-state index in [1.54, 1.807) is 24.5 Å². The predicted molar refractivity (Wildman–Crippen MR) is 92.9 cm³/mol. The van der Waals surface area contributed by atoms with E-state index in [2.05, 4.69) is 34.2 Å². The van der Waals surface area contributed by atoms with Crippen LogP contribution in [0.1, 0.15) is 5.56 Å². The highest BCUT2D eigenvalue weighted by Gasteiger charge is 2.04. The number of fused-ring (bicyclic) bond motifs is 3. The topological polar surface area (TPSA) is 25.2 Å². The van der Waals surface area contributed by atoms with Crippen LogP contribution in [0.4, 0.5) is 10.1 Å². The summed E-state index contributed by atoms with van der Waals surface area (Å²) in [6.45, 7) is 0. The van der Waals surface area contributed by atoms with E-state index < -0.39 is 0 Å². The Balaban J connectivity index is 1.84. The van der Waals surface area contributed by atoms with Crippen molar-refractivity contribution in [1.29, 1.82) is 0 Å². The van der Waals surface area contributed by atoms with E-state index >= 15 is 0 Å². The lowest BCUT2D eigenvalue weighted by Gasteiger charge is -2.05. The molecule has 0 amide bonds. The third-order valence-corrected chi connectivity index (χ3v) is 3.87. The van der Waals surface area contributed by atoms with E-state index in [0.29, 0.717) is 0 Å². The second kappa shape index (κ2) is 5.61. The van der Waals surface area contributed by atoms with Crippen molar-refractivity contribution in [2.75, 3.05) is 0 Å². The molecule has 23 heavy (non-hydrogen) atoms. The summed E-state index contributed by atoms with van der Waals surface area (Å²) >= 11 is 0. The van der Waals surface area contributed by atoms with Gasteiger partial charge in [-0.2, -0.15) is 0 Å². The van der Waals surface area contributed by atoms with Crippen LogP contribution >= 0.6 is 0 Å². The minimum Gasteiger partial charge on any atom is -0.262 e. The molecule has 1 heterocycles. The first kappa shape index (κ1) is 13.6. The Morgan fingerprint density at radius 2 is 1.61 bits per heavy atom. The summed E-state index contributed by atoms with van der Waals surface area (Å²) in [6, 6.07) is 18.6. The van der Waals surface area contributed by atoms with Crippen molar-refractivity contribution >= 4 is 33.4 Å². The quantitative estimate of drug-likeness (QED) is 0.365. The summed E-state index contributed by atoms with van der Waals surface area (Å²) in [4.78, 5) is 8.85. The number of aromatic nitrogens is 1. The Morgan fingerprint density at radius 1 is 0.783 bits per heavy atom. The minimum atomic E-state index is -0.250. The SMILES string of the molecule is Fc1ccc(/C=N\c2cncc3c2ccc2ccccc23)cc1. The van der Waals surface area contributed by atoms with Crippen LogP contribution in [0.25, 0.3) is 21.5 Å². The molecule has 3 heteroatoms. The summed E-state index contributed by atoms with van der Waals surface area (Å²) in [5, 5.41) is 4.48. The van der Waals surface area contributed by atoms with Crippen molar-refractivity contribution in [2.24, 2.45) is 4.99 Å². The second-order valence-electron chi connectivity index (χ2n) is 5.35. The lowest BCUT2D eigenvalue weighted by atomic mass is 10.0. The number of rotatable bonds is 2. The van der Waals surface area contributed by atoms with Crippen molar-refractivity contribution in [3.63, 3.8) is 0 Å². The van der Waals surface area contributed by atoms with Gasteiger partial charge in [-0.05, 0) is 28.5 Å². The van der Waals surface area contributed by atoms with Crippen LogP contribution in [0.15, 0.2) is 78.0 Å². The molecule has 0 atom stereocenters. The highest BCUT2D eigenvalue weighted by Crippen LogP contribution is 2.30. The van der Waals surface area contributed by atoms with E-state index in [1.807, 2.05) is 18.3 Å². The average Bonchev–Trinajstić information content (AvgIpc) is 2.61. The van der Waals surface area contributed by atoms with Crippen LogP contribution in [0.3, 0.4) is 0 Å². The zero-order valence-corrected chi connectivity index (χ0v) is 12.3. The van der Waals surface area contributed by atoms with Gasteiger partial charge >= 0.3 is 0 Å². The first-order chi connectivity index (χ1) is 11.3. The van der Waals surface area contributed by atoms with E-state index in [0.717, 1.165) is 27.4 Å². The van der Waals surface area contributed by atoms with Gasteiger partial charge in [-0.15, -0.1) is 0 Å². The highest BCUT2D eigenvalue weighted by molar-refractivity contribution is 6.10. The fourth-order valence-electron chi connectivity index (χ4n) is 2.71. The van der Waals surface area contributed by atoms with Gasteiger partial charge in [0.15, 0.2) is 0 Å². The first-order valence-electron chi connectivity index (χ1n) is 7.36. The Kier molecular flexibility index (Phi) is 3.31. The number of hydrogen-bond acceptors (Lipinski definition) is 2. The molecule has 110 valence electrons. The maximum atomic E-state index is 13.0. The summed E-state index contributed by atoms with van der Waals surface area (Å²) in [6.07, 6.45) is 5.34. The molecule has 0 aliphatic rings. The van der Waals surface area contributed by atoms with Gasteiger partial charge in [-0.25, -0.2) is 4.39 Å². The molecule has 0 radical (unpaired) electrons. The Morgan fingerprint density at radius 3 is 2.48 bits per heavy atom. The second-order valence-corrected chi connectivity index (χ2v) is 5.35. The third-order valence-electron chi connectivity index (χ3n) is 3.87.